The first-order valence-corrected chi connectivity index (χ1v) is 11.5. The van der Waals surface area contributed by atoms with E-state index in [2.05, 4.69) is 25.6 Å². The Morgan fingerprint density at radius 1 is 1.32 bits per heavy atom. The molecular weight excluding hydrogens is 424 g/mol. The number of nitrogens with zero attached hydrogens (tertiary/aromatic N) is 1. The summed E-state index contributed by atoms with van der Waals surface area (Å²) in [6.07, 6.45) is 4.60. The summed E-state index contributed by atoms with van der Waals surface area (Å²) in [5.41, 5.74) is 0.885. The van der Waals surface area contributed by atoms with E-state index >= 15 is 0 Å². The van der Waals surface area contributed by atoms with Crippen molar-refractivity contribution in [3.05, 3.63) is 34.9 Å². The van der Waals surface area contributed by atoms with Crippen molar-refractivity contribution in [2.24, 2.45) is 0 Å². The van der Waals surface area contributed by atoms with Crippen LogP contribution >= 0.6 is 27.7 Å². The molecule has 1 atom stereocenters. The quantitative estimate of drug-likeness (QED) is 0.669. The van der Waals surface area contributed by atoms with Gasteiger partial charge in [0.25, 0.3) is 0 Å². The van der Waals surface area contributed by atoms with Crippen LogP contribution in [0.15, 0.2) is 39.8 Å². The zero-order chi connectivity index (χ0) is 17.7. The molecule has 0 bridgehead atoms. The summed E-state index contributed by atoms with van der Waals surface area (Å²) in [4.78, 5) is 5.39. The molecule has 2 saturated carbocycles. The molecule has 0 aliphatic heterocycles. The lowest BCUT2D eigenvalue weighted by molar-refractivity contribution is 0.0781. The maximum Gasteiger partial charge on any atom is 0.216 e. The van der Waals surface area contributed by atoms with Crippen LogP contribution in [0.1, 0.15) is 32.1 Å². The highest BCUT2D eigenvalue weighted by molar-refractivity contribution is 9.10. The minimum absolute atomic E-state index is 0.331. The Morgan fingerprint density at radius 3 is 2.72 bits per heavy atom. The van der Waals surface area contributed by atoms with Gasteiger partial charge in [-0.15, -0.1) is 11.8 Å². The smallest absolute Gasteiger partial charge is 0.216 e. The third kappa shape index (κ3) is 3.47. The molecule has 2 fully saturated rings. The van der Waals surface area contributed by atoms with Gasteiger partial charge in [0.1, 0.15) is 6.23 Å². The molecule has 1 heterocycles. The summed E-state index contributed by atoms with van der Waals surface area (Å²) in [6.45, 7) is 0. The molecule has 5 nitrogen and oxygen atoms in total. The average Bonchev–Trinajstić information content (AvgIpc) is 3.35. The molecule has 2 aliphatic carbocycles. The normalized spacial score (nSPS) is 21.0. The van der Waals surface area contributed by atoms with Crippen LogP contribution in [0, 0.1) is 0 Å². The second-order valence-electron chi connectivity index (χ2n) is 6.76. The summed E-state index contributed by atoms with van der Waals surface area (Å²) in [7, 11) is -3.42. The number of pyridine rings is 1. The van der Waals surface area contributed by atoms with Crippen LogP contribution in [0.3, 0.4) is 0 Å². The molecule has 0 saturated heterocycles. The van der Waals surface area contributed by atoms with Crippen LogP contribution < -0.4 is 4.72 Å². The predicted octanol–water partition coefficient (Wildman–Crippen LogP) is 3.41. The van der Waals surface area contributed by atoms with Gasteiger partial charge in [0, 0.05) is 21.0 Å². The van der Waals surface area contributed by atoms with Crippen molar-refractivity contribution in [1.82, 2.24) is 9.71 Å². The van der Waals surface area contributed by atoms with Crippen molar-refractivity contribution in [3.8, 4) is 0 Å². The molecule has 2 aliphatic rings. The summed E-state index contributed by atoms with van der Waals surface area (Å²) < 4.78 is 27.4. The van der Waals surface area contributed by atoms with Crippen molar-refractivity contribution in [2.75, 3.05) is 0 Å². The lowest BCUT2D eigenvalue weighted by atomic mass is 9.83. The molecule has 2 N–H and O–H groups in total. The van der Waals surface area contributed by atoms with E-state index in [0.717, 1.165) is 39.5 Å². The SMILES string of the molecule is O=S(=O)(NC(O)C1(Sc2ccnc3ccc(Br)cc23)CCC1)C1CC1. The Labute approximate surface area is 159 Å². The minimum atomic E-state index is -3.42. The fraction of sp³-hybridized carbons (Fsp3) is 0.471. The number of benzene rings is 1. The standard InChI is InChI=1S/C17H19BrN2O3S2/c18-11-2-5-14-13(10-11)15(6-9-19-14)24-17(7-1-8-17)16(21)20-25(22,23)12-3-4-12/h2,5-6,9-10,12,16,20-21H,1,3-4,7-8H2. The van der Waals surface area contributed by atoms with Gasteiger partial charge in [0.2, 0.25) is 10.0 Å². The van der Waals surface area contributed by atoms with E-state index in [1.54, 1.807) is 18.0 Å². The Balaban J connectivity index is 1.62. The van der Waals surface area contributed by atoms with Crippen LogP contribution in [-0.4, -0.2) is 34.7 Å². The number of hydrogen-bond donors (Lipinski definition) is 2. The molecule has 134 valence electrons. The van der Waals surface area contributed by atoms with E-state index in [4.69, 9.17) is 0 Å². The maximum absolute atomic E-state index is 12.2. The number of rotatable bonds is 6. The third-order valence-electron chi connectivity index (χ3n) is 4.91. The summed E-state index contributed by atoms with van der Waals surface area (Å²) in [5, 5.41) is 11.4. The largest absolute Gasteiger partial charge is 0.376 e. The number of halogens is 1. The Morgan fingerprint density at radius 2 is 2.08 bits per heavy atom. The highest BCUT2D eigenvalue weighted by Crippen LogP contribution is 2.51. The van der Waals surface area contributed by atoms with Crippen molar-refractivity contribution in [1.29, 1.82) is 0 Å². The van der Waals surface area contributed by atoms with E-state index in [1.165, 1.54) is 0 Å². The van der Waals surface area contributed by atoms with Gasteiger partial charge in [-0.1, -0.05) is 22.4 Å². The van der Waals surface area contributed by atoms with E-state index in [-0.39, 0.29) is 5.25 Å². The Hall–Kier alpha value is -0.670. The fourth-order valence-corrected chi connectivity index (χ4v) is 6.52. The van der Waals surface area contributed by atoms with E-state index in [0.29, 0.717) is 12.8 Å². The van der Waals surface area contributed by atoms with E-state index < -0.39 is 21.0 Å². The minimum Gasteiger partial charge on any atom is -0.376 e. The number of aromatic nitrogens is 1. The molecule has 1 unspecified atom stereocenters. The van der Waals surface area contributed by atoms with Crippen LogP contribution in [0.5, 0.6) is 0 Å². The number of sulfonamides is 1. The predicted molar refractivity (Wildman–Crippen MR) is 103 cm³/mol. The van der Waals surface area contributed by atoms with Crippen molar-refractivity contribution >= 4 is 48.6 Å². The second-order valence-corrected chi connectivity index (χ2v) is 11.1. The van der Waals surface area contributed by atoms with E-state index in [1.807, 2.05) is 24.3 Å². The van der Waals surface area contributed by atoms with Gasteiger partial charge in [-0.2, -0.15) is 4.72 Å². The van der Waals surface area contributed by atoms with E-state index in [9.17, 15) is 13.5 Å². The molecule has 25 heavy (non-hydrogen) atoms. The van der Waals surface area contributed by atoms with Crippen LogP contribution in [0.25, 0.3) is 10.9 Å². The van der Waals surface area contributed by atoms with Gasteiger partial charge in [-0.3, -0.25) is 4.98 Å². The number of thioether (sulfide) groups is 1. The van der Waals surface area contributed by atoms with Gasteiger partial charge in [-0.05, 0) is 49.9 Å². The topological polar surface area (TPSA) is 79.3 Å². The van der Waals surface area contributed by atoms with Crippen LogP contribution in [-0.2, 0) is 10.0 Å². The molecule has 8 heteroatoms. The molecule has 1 aromatic carbocycles. The Kier molecular flexibility index (Phi) is 4.60. The van der Waals surface area contributed by atoms with Gasteiger partial charge >= 0.3 is 0 Å². The lowest BCUT2D eigenvalue weighted by Crippen LogP contribution is -2.54. The van der Waals surface area contributed by atoms with Gasteiger partial charge in [0.15, 0.2) is 0 Å². The number of aliphatic hydroxyl groups excluding tert-OH is 1. The second kappa shape index (κ2) is 6.49. The molecule has 0 amide bonds. The van der Waals surface area contributed by atoms with Gasteiger partial charge in [-0.25, -0.2) is 8.42 Å². The molecule has 2 aromatic rings. The zero-order valence-electron chi connectivity index (χ0n) is 13.5. The Bertz CT molecular complexity index is 911. The fourth-order valence-electron chi connectivity index (χ4n) is 3.10. The number of fused-ring (bicyclic) bond motifs is 1. The summed E-state index contributed by atoms with van der Waals surface area (Å²) >= 11 is 5.05. The highest BCUT2D eigenvalue weighted by atomic mass is 79.9. The monoisotopic (exact) mass is 442 g/mol. The van der Waals surface area contributed by atoms with Crippen molar-refractivity contribution in [3.63, 3.8) is 0 Å². The molecule has 0 spiro atoms. The lowest BCUT2D eigenvalue weighted by Gasteiger charge is -2.44. The van der Waals surface area contributed by atoms with Crippen LogP contribution in [0.4, 0.5) is 0 Å². The molecule has 1 aromatic heterocycles. The third-order valence-corrected chi connectivity index (χ3v) is 8.92. The average molecular weight is 443 g/mol. The summed E-state index contributed by atoms with van der Waals surface area (Å²) in [6, 6.07) is 7.84. The van der Waals surface area contributed by atoms with Gasteiger partial charge < -0.3 is 5.11 Å². The van der Waals surface area contributed by atoms with Crippen molar-refractivity contribution in [2.45, 2.75) is 53.2 Å². The number of aliphatic hydroxyl groups is 1. The molecule has 4 rings (SSSR count). The highest BCUT2D eigenvalue weighted by Gasteiger charge is 2.48. The number of hydrogen-bond acceptors (Lipinski definition) is 5. The van der Waals surface area contributed by atoms with Crippen molar-refractivity contribution < 1.29 is 13.5 Å². The zero-order valence-corrected chi connectivity index (χ0v) is 16.7. The maximum atomic E-state index is 12.2. The van der Waals surface area contributed by atoms with Gasteiger partial charge in [0.05, 0.1) is 15.5 Å². The first-order chi connectivity index (χ1) is 11.9. The summed E-state index contributed by atoms with van der Waals surface area (Å²) in [5.74, 6) is 0. The molecule has 0 radical (unpaired) electrons. The first-order valence-electron chi connectivity index (χ1n) is 8.32. The van der Waals surface area contributed by atoms with Crippen LogP contribution in [0.2, 0.25) is 0 Å². The first kappa shape index (κ1) is 17.7. The molecular formula is C17H19BrN2O3S2. The number of nitrogens with one attached hydrogen (secondary N) is 1.